The fraction of sp³-hybridized carbons (Fsp3) is 0.450. The van der Waals surface area contributed by atoms with Crippen LogP contribution in [0.25, 0.3) is 0 Å². The van der Waals surface area contributed by atoms with E-state index in [0.29, 0.717) is 17.6 Å². The van der Waals surface area contributed by atoms with Crippen molar-refractivity contribution in [2.45, 2.75) is 55.1 Å². The predicted octanol–water partition coefficient (Wildman–Crippen LogP) is 6.18. The number of thioether (sulfide) groups is 2. The summed E-state index contributed by atoms with van der Waals surface area (Å²) < 4.78 is 1.73. The van der Waals surface area contributed by atoms with Gasteiger partial charge in [-0.2, -0.15) is 0 Å². The van der Waals surface area contributed by atoms with E-state index in [0.717, 1.165) is 25.7 Å². The first kappa shape index (κ1) is 22.0. The van der Waals surface area contributed by atoms with Gasteiger partial charge in [0, 0.05) is 11.4 Å². The number of nitrogens with one attached hydrogen (secondary N) is 1. The molecule has 1 aromatic carbocycles. The van der Waals surface area contributed by atoms with E-state index < -0.39 is 0 Å². The van der Waals surface area contributed by atoms with Crippen molar-refractivity contribution in [1.29, 1.82) is 0 Å². The van der Waals surface area contributed by atoms with Gasteiger partial charge in [0.05, 0.1) is 5.75 Å². The van der Waals surface area contributed by atoms with E-state index in [1.165, 1.54) is 34.2 Å². The smallest absolute Gasteiger partial charge is 0.234 e. The Morgan fingerprint density at radius 1 is 1.07 bits per heavy atom. The van der Waals surface area contributed by atoms with Crippen LogP contribution in [0.4, 0.5) is 5.69 Å². The van der Waals surface area contributed by atoms with Gasteiger partial charge in [0.25, 0.3) is 0 Å². The number of nitrogens with zero attached hydrogens (tertiary/aromatic N) is 2. The van der Waals surface area contributed by atoms with Crippen LogP contribution in [0.1, 0.15) is 57.6 Å². The summed E-state index contributed by atoms with van der Waals surface area (Å²) in [6.45, 7) is 14.5. The molecule has 7 heteroatoms. The van der Waals surface area contributed by atoms with Crippen LogP contribution in [0, 0.1) is 0 Å². The molecule has 0 unspecified atom stereocenters. The van der Waals surface area contributed by atoms with Crippen molar-refractivity contribution in [3.8, 4) is 0 Å². The van der Waals surface area contributed by atoms with Crippen molar-refractivity contribution in [3.05, 3.63) is 41.5 Å². The summed E-state index contributed by atoms with van der Waals surface area (Å²) in [5, 5.41) is 11.5. The molecule has 4 nitrogen and oxygen atoms in total. The van der Waals surface area contributed by atoms with Gasteiger partial charge in [-0.3, -0.25) is 4.79 Å². The maximum absolute atomic E-state index is 12.6. The van der Waals surface area contributed by atoms with Gasteiger partial charge in [0.15, 0.2) is 8.68 Å². The lowest BCUT2D eigenvalue weighted by Crippen LogP contribution is -2.17. The van der Waals surface area contributed by atoms with E-state index in [-0.39, 0.29) is 5.91 Å². The average Bonchev–Trinajstić information content (AvgIpc) is 3.06. The molecule has 1 heterocycles. The molecule has 1 N–H and O–H groups in total. The zero-order valence-electron chi connectivity index (χ0n) is 16.5. The lowest BCUT2D eigenvalue weighted by Gasteiger charge is -2.20. The molecule has 146 valence electrons. The number of hydrogen-bond acceptors (Lipinski definition) is 6. The third kappa shape index (κ3) is 6.66. The number of rotatable bonds is 9. The van der Waals surface area contributed by atoms with Crippen molar-refractivity contribution in [3.63, 3.8) is 0 Å². The molecule has 2 aromatic rings. The highest BCUT2D eigenvalue weighted by molar-refractivity contribution is 8.03. The molecule has 2 rings (SSSR count). The van der Waals surface area contributed by atoms with E-state index in [2.05, 4.69) is 68.0 Å². The number of para-hydroxylation sites is 1. The van der Waals surface area contributed by atoms with Crippen molar-refractivity contribution in [2.24, 2.45) is 0 Å². The van der Waals surface area contributed by atoms with Gasteiger partial charge >= 0.3 is 0 Å². The highest BCUT2D eigenvalue weighted by atomic mass is 32.2. The number of aromatic nitrogens is 2. The molecule has 0 aliphatic carbocycles. The van der Waals surface area contributed by atoms with Crippen LogP contribution < -0.4 is 5.32 Å². The fourth-order valence-electron chi connectivity index (χ4n) is 2.50. The lowest BCUT2D eigenvalue weighted by atomic mass is 9.92. The molecular weight excluding hydrogens is 394 g/mol. The highest BCUT2D eigenvalue weighted by Crippen LogP contribution is 2.33. The van der Waals surface area contributed by atoms with Gasteiger partial charge in [-0.05, 0) is 29.9 Å². The zero-order chi connectivity index (χ0) is 20.0. The molecule has 27 heavy (non-hydrogen) atoms. The molecule has 0 saturated carbocycles. The second-order valence-electron chi connectivity index (χ2n) is 7.04. The van der Waals surface area contributed by atoms with Crippen LogP contribution >= 0.6 is 34.9 Å². The Bertz CT molecular complexity index is 773. The highest BCUT2D eigenvalue weighted by Gasteiger charge is 2.16. The van der Waals surface area contributed by atoms with Gasteiger partial charge < -0.3 is 5.32 Å². The topological polar surface area (TPSA) is 54.9 Å². The summed E-state index contributed by atoms with van der Waals surface area (Å²) >= 11 is 4.58. The number of carbonyl (C=O) groups excluding carboxylic acids is 1. The van der Waals surface area contributed by atoms with Crippen LogP contribution in [0.2, 0.25) is 0 Å². The fourth-order valence-corrected chi connectivity index (χ4v) is 5.16. The largest absolute Gasteiger partial charge is 0.325 e. The predicted molar refractivity (Wildman–Crippen MR) is 119 cm³/mol. The average molecular weight is 422 g/mol. The summed E-state index contributed by atoms with van der Waals surface area (Å²) in [7, 11) is 0. The normalized spacial score (nSPS) is 11.2. The Hall–Kier alpha value is -1.31. The number of carbonyl (C=O) groups is 1. The summed E-state index contributed by atoms with van der Waals surface area (Å²) in [6, 6.07) is 6.25. The molecule has 0 radical (unpaired) electrons. The van der Waals surface area contributed by atoms with E-state index in [9.17, 15) is 4.79 Å². The third-order valence-electron chi connectivity index (χ3n) is 3.79. The van der Waals surface area contributed by atoms with E-state index in [1.54, 1.807) is 11.8 Å². The minimum Gasteiger partial charge on any atom is -0.325 e. The SMILES string of the molecule is C=C(C)CSc1nnc(SCC(=O)Nc2c(C(C)C)cccc2C(C)C)s1. The van der Waals surface area contributed by atoms with Crippen molar-refractivity contribution < 1.29 is 4.79 Å². The Kier molecular flexibility index (Phi) is 8.38. The Balaban J connectivity index is 2.01. The molecule has 0 aliphatic heterocycles. The third-order valence-corrected chi connectivity index (χ3v) is 7.21. The summed E-state index contributed by atoms with van der Waals surface area (Å²) in [5.74, 6) is 1.85. The maximum atomic E-state index is 12.6. The zero-order valence-corrected chi connectivity index (χ0v) is 19.0. The number of anilines is 1. The van der Waals surface area contributed by atoms with Crippen LogP contribution in [-0.2, 0) is 4.79 Å². The number of amides is 1. The minimum atomic E-state index is -0.0126. The second kappa shape index (κ2) is 10.3. The molecule has 0 spiro atoms. The number of hydrogen-bond donors (Lipinski definition) is 1. The summed E-state index contributed by atoms with van der Waals surface area (Å²) in [6.07, 6.45) is 0. The van der Waals surface area contributed by atoms with E-state index in [1.807, 2.05) is 6.92 Å². The van der Waals surface area contributed by atoms with Crippen molar-refractivity contribution >= 4 is 46.5 Å². The molecule has 0 saturated heterocycles. The molecule has 1 aromatic heterocycles. The summed E-state index contributed by atoms with van der Waals surface area (Å²) in [4.78, 5) is 12.6. The minimum absolute atomic E-state index is 0.0126. The first-order valence-electron chi connectivity index (χ1n) is 8.94. The molecule has 0 fully saturated rings. The Morgan fingerprint density at radius 2 is 1.59 bits per heavy atom. The van der Waals surface area contributed by atoms with Gasteiger partial charge in [-0.25, -0.2) is 0 Å². The van der Waals surface area contributed by atoms with E-state index in [4.69, 9.17) is 0 Å². The van der Waals surface area contributed by atoms with Gasteiger partial charge in [-0.15, -0.1) is 10.2 Å². The summed E-state index contributed by atoms with van der Waals surface area (Å²) in [5.41, 5.74) is 4.42. The molecule has 0 aliphatic rings. The molecule has 0 bridgehead atoms. The van der Waals surface area contributed by atoms with Crippen molar-refractivity contribution in [1.82, 2.24) is 10.2 Å². The quantitative estimate of drug-likeness (QED) is 0.387. The van der Waals surface area contributed by atoms with Crippen molar-refractivity contribution in [2.75, 3.05) is 16.8 Å². The first-order valence-corrected chi connectivity index (χ1v) is 11.7. The maximum Gasteiger partial charge on any atom is 0.234 e. The Labute approximate surface area is 174 Å². The molecular formula is C20H27N3OS3. The second-order valence-corrected chi connectivity index (χ2v) is 10.5. The van der Waals surface area contributed by atoms with Crippen LogP contribution in [0.15, 0.2) is 39.0 Å². The first-order chi connectivity index (χ1) is 12.8. The Morgan fingerprint density at radius 3 is 2.07 bits per heavy atom. The van der Waals surface area contributed by atoms with Gasteiger partial charge in [0.1, 0.15) is 0 Å². The van der Waals surface area contributed by atoms with Crippen LogP contribution in [0.5, 0.6) is 0 Å². The van der Waals surface area contributed by atoms with Gasteiger partial charge in [-0.1, -0.05) is 92.9 Å². The molecule has 0 atom stereocenters. The van der Waals surface area contributed by atoms with E-state index >= 15 is 0 Å². The monoisotopic (exact) mass is 421 g/mol. The lowest BCUT2D eigenvalue weighted by molar-refractivity contribution is -0.113. The van der Waals surface area contributed by atoms with Crippen LogP contribution in [-0.4, -0.2) is 27.6 Å². The van der Waals surface area contributed by atoms with Gasteiger partial charge in [0.2, 0.25) is 5.91 Å². The number of benzene rings is 1. The standard InChI is InChI=1S/C20H27N3OS3/c1-12(2)10-25-19-22-23-20(27-19)26-11-17(24)21-18-15(13(3)4)8-7-9-16(18)14(5)6/h7-9,13-14H,1,10-11H2,2-6H3,(H,21,24). The van der Waals surface area contributed by atoms with Crippen LogP contribution in [0.3, 0.4) is 0 Å². The molecule has 1 amide bonds.